The highest BCUT2D eigenvalue weighted by molar-refractivity contribution is 5.54. The van der Waals surface area contributed by atoms with Crippen molar-refractivity contribution in [1.82, 2.24) is 14.5 Å². The largest absolute Gasteiger partial charge is 0.492 e. The molecule has 0 aliphatic heterocycles. The molecular weight excluding hydrogens is 182 g/mol. The summed E-state index contributed by atoms with van der Waals surface area (Å²) in [5.74, 6) is 0.576. The predicted octanol–water partition coefficient (Wildman–Crippen LogP) is 0.481. The number of hydrogen-bond donors (Lipinski definition) is 2. The van der Waals surface area contributed by atoms with Crippen LogP contribution in [0.2, 0.25) is 0 Å². The van der Waals surface area contributed by atoms with Gasteiger partial charge >= 0.3 is 0 Å². The minimum atomic E-state index is -0.160. The van der Waals surface area contributed by atoms with Gasteiger partial charge in [-0.2, -0.15) is 4.98 Å². The Bertz CT molecular complexity index is 493. The average Bonchev–Trinajstić information content (AvgIpc) is 2.47. The van der Waals surface area contributed by atoms with Crippen molar-refractivity contribution >= 4 is 0 Å². The summed E-state index contributed by atoms with van der Waals surface area (Å²) in [6, 6.07) is 3.07. The molecule has 0 radical (unpaired) electrons. The minimum absolute atomic E-state index is 0.0336. The second-order valence-electron chi connectivity index (χ2n) is 2.98. The number of aromatic hydroxyl groups is 1. The lowest BCUT2D eigenvalue weighted by Crippen LogP contribution is -2.02. The summed E-state index contributed by atoms with van der Waals surface area (Å²) in [6.07, 6.45) is 3.06. The van der Waals surface area contributed by atoms with E-state index in [9.17, 15) is 4.79 Å². The van der Waals surface area contributed by atoms with E-state index < -0.39 is 0 Å². The van der Waals surface area contributed by atoms with Gasteiger partial charge in [-0.25, -0.2) is 0 Å². The molecule has 0 aromatic carbocycles. The van der Waals surface area contributed by atoms with Gasteiger partial charge in [-0.1, -0.05) is 0 Å². The fraction of sp³-hybridized carbons (Fsp3) is 0.111. The number of nitrogens with zero attached hydrogens (tertiary/aromatic N) is 2. The number of aryl methyl sites for hydroxylation is 1. The van der Waals surface area contributed by atoms with Crippen LogP contribution in [0.1, 0.15) is 0 Å². The van der Waals surface area contributed by atoms with Gasteiger partial charge < -0.3 is 14.7 Å². The molecule has 2 aromatic rings. The van der Waals surface area contributed by atoms with Crippen molar-refractivity contribution in [3.05, 3.63) is 34.9 Å². The predicted molar refractivity (Wildman–Crippen MR) is 50.9 cm³/mol. The summed E-state index contributed by atoms with van der Waals surface area (Å²) in [6.45, 7) is 0. The number of aromatic nitrogens is 3. The van der Waals surface area contributed by atoms with Crippen molar-refractivity contribution in [3.8, 4) is 17.3 Å². The molecule has 0 bridgehead atoms. The maximum absolute atomic E-state index is 10.8. The molecule has 0 unspecified atom stereocenters. The zero-order chi connectivity index (χ0) is 10.1. The van der Waals surface area contributed by atoms with E-state index in [-0.39, 0.29) is 11.4 Å². The fourth-order valence-electron chi connectivity index (χ4n) is 1.27. The third kappa shape index (κ3) is 1.39. The Kier molecular flexibility index (Phi) is 1.85. The SMILES string of the molecule is Cn1cc(O)nc1-c1ccc(=O)[nH]c1. The lowest BCUT2D eigenvalue weighted by Gasteiger charge is -1.98. The quantitative estimate of drug-likeness (QED) is 0.688. The maximum Gasteiger partial charge on any atom is 0.247 e. The van der Waals surface area contributed by atoms with Gasteiger partial charge in [0.2, 0.25) is 11.4 Å². The first kappa shape index (κ1) is 8.55. The van der Waals surface area contributed by atoms with Gasteiger partial charge in [-0.05, 0) is 6.07 Å². The van der Waals surface area contributed by atoms with Crippen LogP contribution in [0.15, 0.2) is 29.3 Å². The number of aromatic amines is 1. The molecule has 14 heavy (non-hydrogen) atoms. The van der Waals surface area contributed by atoms with Crippen LogP contribution in [-0.2, 0) is 7.05 Å². The number of nitrogens with one attached hydrogen (secondary N) is 1. The highest BCUT2D eigenvalue weighted by Gasteiger charge is 2.05. The number of pyridine rings is 1. The highest BCUT2D eigenvalue weighted by Crippen LogP contribution is 2.18. The van der Waals surface area contributed by atoms with Crippen LogP contribution in [0.4, 0.5) is 0 Å². The summed E-state index contributed by atoms with van der Waals surface area (Å²) >= 11 is 0. The molecule has 0 amide bonds. The number of imidazole rings is 1. The molecule has 0 saturated heterocycles. The Morgan fingerprint density at radius 2 is 2.29 bits per heavy atom. The molecule has 72 valence electrons. The molecule has 5 heteroatoms. The van der Waals surface area contributed by atoms with E-state index in [1.54, 1.807) is 23.9 Å². The number of H-pyrrole nitrogens is 1. The van der Waals surface area contributed by atoms with Gasteiger partial charge in [0.25, 0.3) is 0 Å². The lowest BCUT2D eigenvalue weighted by molar-refractivity contribution is 0.456. The molecule has 5 nitrogen and oxygen atoms in total. The third-order valence-electron chi connectivity index (χ3n) is 1.91. The topological polar surface area (TPSA) is 70.9 Å². The smallest absolute Gasteiger partial charge is 0.247 e. The maximum atomic E-state index is 10.8. The van der Waals surface area contributed by atoms with Gasteiger partial charge in [0.05, 0.1) is 6.20 Å². The van der Waals surface area contributed by atoms with E-state index in [1.165, 1.54) is 12.3 Å². The summed E-state index contributed by atoms with van der Waals surface area (Å²) in [7, 11) is 1.77. The van der Waals surface area contributed by atoms with E-state index in [4.69, 9.17) is 5.11 Å². The molecule has 0 spiro atoms. The summed E-state index contributed by atoms with van der Waals surface area (Å²) in [4.78, 5) is 17.3. The van der Waals surface area contributed by atoms with Gasteiger partial charge in [0.15, 0.2) is 0 Å². The van der Waals surface area contributed by atoms with E-state index in [1.807, 2.05) is 0 Å². The Morgan fingerprint density at radius 3 is 2.79 bits per heavy atom. The van der Waals surface area contributed by atoms with Crippen LogP contribution in [0.25, 0.3) is 11.4 Å². The van der Waals surface area contributed by atoms with Crippen LogP contribution in [-0.4, -0.2) is 19.6 Å². The molecule has 0 saturated carbocycles. The number of hydrogen-bond acceptors (Lipinski definition) is 3. The van der Waals surface area contributed by atoms with E-state index in [2.05, 4.69) is 9.97 Å². The molecule has 0 aliphatic rings. The standard InChI is InChI=1S/C9H9N3O2/c1-12-5-8(14)11-9(12)6-2-3-7(13)10-4-6/h2-5,14H,1H3,(H,10,13). The molecule has 2 N–H and O–H groups in total. The minimum Gasteiger partial charge on any atom is -0.492 e. The van der Waals surface area contributed by atoms with Crippen molar-refractivity contribution in [2.75, 3.05) is 0 Å². The highest BCUT2D eigenvalue weighted by atomic mass is 16.3. The molecule has 2 rings (SSSR count). The summed E-state index contributed by atoms with van der Waals surface area (Å²) in [5.41, 5.74) is 0.597. The van der Waals surface area contributed by atoms with Crippen LogP contribution >= 0.6 is 0 Å². The van der Waals surface area contributed by atoms with E-state index in [0.717, 1.165) is 5.56 Å². The fourth-order valence-corrected chi connectivity index (χ4v) is 1.27. The molecule has 2 heterocycles. The van der Waals surface area contributed by atoms with Gasteiger partial charge in [-0.15, -0.1) is 0 Å². The second-order valence-corrected chi connectivity index (χ2v) is 2.98. The second kappa shape index (κ2) is 3.02. The molecule has 0 fully saturated rings. The van der Waals surface area contributed by atoms with Gasteiger partial charge in [0.1, 0.15) is 5.82 Å². The zero-order valence-electron chi connectivity index (χ0n) is 7.56. The van der Waals surface area contributed by atoms with Crippen LogP contribution in [0.3, 0.4) is 0 Å². The first-order valence-corrected chi connectivity index (χ1v) is 4.08. The lowest BCUT2D eigenvalue weighted by atomic mass is 10.3. The molecule has 0 aliphatic carbocycles. The summed E-state index contributed by atoms with van der Waals surface area (Å²) < 4.78 is 1.68. The normalized spacial score (nSPS) is 10.4. The Hall–Kier alpha value is -2.04. The monoisotopic (exact) mass is 191 g/mol. The first-order chi connectivity index (χ1) is 6.66. The Labute approximate surface area is 79.7 Å². The summed E-state index contributed by atoms with van der Waals surface area (Å²) in [5, 5.41) is 9.15. The van der Waals surface area contributed by atoms with Crippen molar-refractivity contribution < 1.29 is 5.11 Å². The molecule has 2 aromatic heterocycles. The average molecular weight is 191 g/mol. The van der Waals surface area contributed by atoms with Crippen LogP contribution < -0.4 is 5.56 Å². The van der Waals surface area contributed by atoms with Crippen LogP contribution in [0, 0.1) is 0 Å². The van der Waals surface area contributed by atoms with Crippen molar-refractivity contribution in [2.45, 2.75) is 0 Å². The molecule has 0 atom stereocenters. The Balaban J connectivity index is 2.54. The van der Waals surface area contributed by atoms with Crippen LogP contribution in [0.5, 0.6) is 5.88 Å². The zero-order valence-corrected chi connectivity index (χ0v) is 7.56. The Morgan fingerprint density at radius 1 is 1.50 bits per heavy atom. The third-order valence-corrected chi connectivity index (χ3v) is 1.91. The first-order valence-electron chi connectivity index (χ1n) is 4.08. The van der Waals surface area contributed by atoms with Crippen molar-refractivity contribution in [1.29, 1.82) is 0 Å². The van der Waals surface area contributed by atoms with Gasteiger partial charge in [0, 0.05) is 24.9 Å². The van der Waals surface area contributed by atoms with E-state index >= 15 is 0 Å². The van der Waals surface area contributed by atoms with Gasteiger partial charge in [-0.3, -0.25) is 4.79 Å². The van der Waals surface area contributed by atoms with Crippen molar-refractivity contribution in [3.63, 3.8) is 0 Å². The molecular formula is C9H9N3O2. The van der Waals surface area contributed by atoms with E-state index in [0.29, 0.717) is 5.82 Å². The van der Waals surface area contributed by atoms with Crippen molar-refractivity contribution in [2.24, 2.45) is 7.05 Å². The number of rotatable bonds is 1.